The molecule has 3 N–H and O–H groups in total. The lowest BCUT2D eigenvalue weighted by Crippen LogP contribution is -2.43. The van der Waals surface area contributed by atoms with Crippen molar-refractivity contribution in [2.75, 3.05) is 12.0 Å². The van der Waals surface area contributed by atoms with Gasteiger partial charge in [-0.1, -0.05) is 24.4 Å². The van der Waals surface area contributed by atoms with Crippen LogP contribution in [-0.2, 0) is 10.0 Å². The standard InChI is InChI=1S/C14H21ClN2O2S2/c1-9-11(15)7-10(8-12(9)16)21(18,19)17-13-5-3-4-6-14(13)20-2/h7-8,13-14,17H,3-6,16H2,1-2H3. The number of thioether (sulfide) groups is 1. The summed E-state index contributed by atoms with van der Waals surface area (Å²) >= 11 is 7.77. The molecule has 1 fully saturated rings. The molecule has 0 amide bonds. The Balaban J connectivity index is 2.26. The van der Waals surface area contributed by atoms with E-state index in [1.807, 2.05) is 6.26 Å². The topological polar surface area (TPSA) is 72.2 Å². The minimum absolute atomic E-state index is 0.0277. The van der Waals surface area contributed by atoms with Gasteiger partial charge in [-0.05, 0) is 43.7 Å². The molecule has 1 aromatic carbocycles. The molecule has 1 aromatic rings. The van der Waals surface area contributed by atoms with Gasteiger partial charge >= 0.3 is 0 Å². The number of nitrogens with two attached hydrogens (primary N) is 1. The SMILES string of the molecule is CSC1CCCCC1NS(=O)(=O)c1cc(N)c(C)c(Cl)c1. The van der Waals surface area contributed by atoms with Crippen LogP contribution in [-0.4, -0.2) is 26.0 Å². The van der Waals surface area contributed by atoms with Gasteiger partial charge in [-0.15, -0.1) is 0 Å². The quantitative estimate of drug-likeness (QED) is 0.820. The highest BCUT2D eigenvalue weighted by atomic mass is 35.5. The van der Waals surface area contributed by atoms with Gasteiger partial charge in [-0.25, -0.2) is 13.1 Å². The molecule has 2 atom stereocenters. The highest BCUT2D eigenvalue weighted by Crippen LogP contribution is 2.30. The van der Waals surface area contributed by atoms with Crippen LogP contribution in [0.5, 0.6) is 0 Å². The summed E-state index contributed by atoms with van der Waals surface area (Å²) in [4.78, 5) is 0.140. The Kier molecular flexibility index (Phi) is 5.46. The molecule has 21 heavy (non-hydrogen) atoms. The Morgan fingerprint density at radius 2 is 2.00 bits per heavy atom. The summed E-state index contributed by atoms with van der Waals surface area (Å²) in [6.07, 6.45) is 6.16. The fourth-order valence-electron chi connectivity index (χ4n) is 2.61. The van der Waals surface area contributed by atoms with Crippen molar-refractivity contribution >= 4 is 39.1 Å². The van der Waals surface area contributed by atoms with Gasteiger partial charge < -0.3 is 5.73 Å². The van der Waals surface area contributed by atoms with E-state index in [0.29, 0.717) is 21.5 Å². The maximum atomic E-state index is 12.5. The first-order valence-electron chi connectivity index (χ1n) is 6.96. The fraction of sp³-hybridized carbons (Fsp3) is 0.571. The number of hydrogen-bond acceptors (Lipinski definition) is 4. The summed E-state index contributed by atoms with van der Waals surface area (Å²) in [5.41, 5.74) is 6.92. The summed E-state index contributed by atoms with van der Waals surface area (Å²) in [6, 6.07) is 2.91. The molecule has 118 valence electrons. The van der Waals surface area contributed by atoms with Crippen LogP contribution in [0.4, 0.5) is 5.69 Å². The Labute approximate surface area is 135 Å². The highest BCUT2D eigenvalue weighted by Gasteiger charge is 2.29. The molecule has 0 radical (unpaired) electrons. The molecule has 0 aromatic heterocycles. The molecule has 2 rings (SSSR count). The van der Waals surface area contributed by atoms with E-state index in [0.717, 1.165) is 25.7 Å². The largest absolute Gasteiger partial charge is 0.398 e. The van der Waals surface area contributed by atoms with E-state index in [1.54, 1.807) is 18.7 Å². The second-order valence-electron chi connectivity index (χ2n) is 5.41. The summed E-state index contributed by atoms with van der Waals surface area (Å²) in [6.45, 7) is 1.77. The van der Waals surface area contributed by atoms with E-state index in [2.05, 4.69) is 4.72 Å². The molecule has 7 heteroatoms. The van der Waals surface area contributed by atoms with Crippen molar-refractivity contribution in [1.82, 2.24) is 4.72 Å². The smallest absolute Gasteiger partial charge is 0.240 e. The van der Waals surface area contributed by atoms with E-state index in [9.17, 15) is 8.42 Å². The Morgan fingerprint density at radius 1 is 1.33 bits per heavy atom. The van der Waals surface area contributed by atoms with Crippen molar-refractivity contribution in [3.05, 3.63) is 22.7 Å². The minimum Gasteiger partial charge on any atom is -0.398 e. The first kappa shape index (κ1) is 16.9. The van der Waals surface area contributed by atoms with Crippen molar-refractivity contribution in [3.63, 3.8) is 0 Å². The van der Waals surface area contributed by atoms with E-state index in [4.69, 9.17) is 17.3 Å². The lowest BCUT2D eigenvalue weighted by Gasteiger charge is -2.30. The highest BCUT2D eigenvalue weighted by molar-refractivity contribution is 7.99. The molecule has 0 bridgehead atoms. The molecule has 0 spiro atoms. The number of rotatable bonds is 4. The predicted molar refractivity (Wildman–Crippen MR) is 90.5 cm³/mol. The number of anilines is 1. The second-order valence-corrected chi connectivity index (χ2v) is 8.60. The van der Waals surface area contributed by atoms with Gasteiger partial charge in [0.15, 0.2) is 0 Å². The van der Waals surface area contributed by atoms with Crippen molar-refractivity contribution < 1.29 is 8.42 Å². The van der Waals surface area contributed by atoms with Crippen LogP contribution < -0.4 is 10.5 Å². The predicted octanol–water partition coefficient (Wildman–Crippen LogP) is 3.18. The summed E-state index contributed by atoms with van der Waals surface area (Å²) in [5, 5.41) is 0.701. The molecule has 1 aliphatic carbocycles. The van der Waals surface area contributed by atoms with Gasteiger partial charge in [0, 0.05) is 22.0 Å². The van der Waals surface area contributed by atoms with Gasteiger partial charge in [-0.3, -0.25) is 0 Å². The molecule has 0 saturated heterocycles. The third kappa shape index (κ3) is 3.86. The zero-order valence-electron chi connectivity index (χ0n) is 12.2. The maximum Gasteiger partial charge on any atom is 0.240 e. The molecule has 1 saturated carbocycles. The van der Waals surface area contributed by atoms with Crippen LogP contribution in [0.2, 0.25) is 5.02 Å². The third-order valence-corrected chi connectivity index (χ3v) is 7.01. The number of halogens is 1. The van der Waals surface area contributed by atoms with Crippen LogP contribution >= 0.6 is 23.4 Å². The van der Waals surface area contributed by atoms with Crippen molar-refractivity contribution in [3.8, 4) is 0 Å². The molecule has 0 heterocycles. The minimum atomic E-state index is -3.59. The average Bonchev–Trinajstić information content (AvgIpc) is 2.44. The number of nitrogens with one attached hydrogen (secondary N) is 1. The molecule has 0 aliphatic heterocycles. The molecule has 2 unspecified atom stereocenters. The van der Waals surface area contributed by atoms with Gasteiger partial charge in [0.05, 0.1) is 4.90 Å². The number of sulfonamides is 1. The van der Waals surface area contributed by atoms with Gasteiger partial charge in [0.1, 0.15) is 0 Å². The summed E-state index contributed by atoms with van der Waals surface area (Å²) < 4.78 is 27.9. The molecular formula is C14H21ClN2O2S2. The number of benzene rings is 1. The Hall–Kier alpha value is -0.430. The van der Waals surface area contributed by atoms with Gasteiger partial charge in [0.25, 0.3) is 0 Å². The van der Waals surface area contributed by atoms with E-state index in [-0.39, 0.29) is 10.9 Å². The van der Waals surface area contributed by atoms with Gasteiger partial charge in [-0.2, -0.15) is 11.8 Å². The van der Waals surface area contributed by atoms with Crippen LogP contribution in [0, 0.1) is 6.92 Å². The Morgan fingerprint density at radius 3 is 2.62 bits per heavy atom. The van der Waals surface area contributed by atoms with E-state index >= 15 is 0 Å². The third-order valence-electron chi connectivity index (χ3n) is 3.98. The van der Waals surface area contributed by atoms with Crippen molar-refractivity contribution in [2.24, 2.45) is 0 Å². The van der Waals surface area contributed by atoms with E-state index in [1.165, 1.54) is 12.1 Å². The molecular weight excluding hydrogens is 328 g/mol. The normalized spacial score (nSPS) is 23.2. The first-order chi connectivity index (χ1) is 9.85. The summed E-state index contributed by atoms with van der Waals surface area (Å²) in [5.74, 6) is 0. The van der Waals surface area contributed by atoms with Crippen LogP contribution in [0.1, 0.15) is 31.2 Å². The van der Waals surface area contributed by atoms with Crippen LogP contribution in [0.25, 0.3) is 0 Å². The van der Waals surface area contributed by atoms with E-state index < -0.39 is 10.0 Å². The molecule has 4 nitrogen and oxygen atoms in total. The molecule has 1 aliphatic rings. The zero-order valence-corrected chi connectivity index (χ0v) is 14.6. The monoisotopic (exact) mass is 348 g/mol. The summed E-state index contributed by atoms with van der Waals surface area (Å²) in [7, 11) is -3.59. The first-order valence-corrected chi connectivity index (χ1v) is 10.1. The van der Waals surface area contributed by atoms with Crippen molar-refractivity contribution in [2.45, 2.75) is 48.8 Å². The van der Waals surface area contributed by atoms with Crippen LogP contribution in [0.15, 0.2) is 17.0 Å². The Bertz CT molecular complexity index is 596. The lowest BCUT2D eigenvalue weighted by molar-refractivity contribution is 0.423. The maximum absolute atomic E-state index is 12.5. The fourth-order valence-corrected chi connectivity index (χ4v) is 5.29. The second kappa shape index (κ2) is 6.77. The number of hydrogen-bond donors (Lipinski definition) is 2. The number of nitrogen functional groups attached to an aromatic ring is 1. The zero-order chi connectivity index (χ0) is 15.6. The van der Waals surface area contributed by atoms with Crippen LogP contribution in [0.3, 0.4) is 0 Å². The average molecular weight is 349 g/mol. The van der Waals surface area contributed by atoms with Gasteiger partial charge in [0.2, 0.25) is 10.0 Å². The lowest BCUT2D eigenvalue weighted by atomic mass is 9.96. The van der Waals surface area contributed by atoms with Crippen molar-refractivity contribution in [1.29, 1.82) is 0 Å².